The van der Waals surface area contributed by atoms with Crippen LogP contribution in [-0.2, 0) is 9.59 Å². The molecule has 0 radical (unpaired) electrons. The van der Waals surface area contributed by atoms with Gasteiger partial charge >= 0.3 is 0 Å². The average Bonchev–Trinajstić information content (AvgIpc) is 2.30. The molecule has 106 valence electrons. The van der Waals surface area contributed by atoms with Crippen molar-refractivity contribution in [1.29, 1.82) is 0 Å². The Morgan fingerprint density at radius 3 is 1.83 bits per heavy atom. The number of rotatable bonds is 12. The van der Waals surface area contributed by atoms with E-state index in [0.717, 1.165) is 19.3 Å². The summed E-state index contributed by atoms with van der Waals surface area (Å²) < 4.78 is 0. The summed E-state index contributed by atoms with van der Waals surface area (Å²) in [6, 6.07) is 0. The van der Waals surface area contributed by atoms with Crippen molar-refractivity contribution in [2.75, 3.05) is 0 Å². The van der Waals surface area contributed by atoms with Crippen LogP contribution in [0.4, 0.5) is 0 Å². The molecular weight excluding hydrogens is 232 g/mol. The number of carbonyl (C=O) groups excluding carboxylic acids is 2. The Bertz CT molecular complexity index is 238. The Kier molecular flexibility index (Phi) is 10.4. The van der Waals surface area contributed by atoms with Crippen molar-refractivity contribution in [2.45, 2.75) is 71.1 Å². The summed E-state index contributed by atoms with van der Waals surface area (Å²) in [6.45, 7) is 2.18. The van der Waals surface area contributed by atoms with Gasteiger partial charge in [-0.2, -0.15) is 0 Å². The zero-order valence-corrected chi connectivity index (χ0v) is 11.3. The van der Waals surface area contributed by atoms with Crippen LogP contribution in [0.1, 0.15) is 71.1 Å². The molecule has 0 aromatic heterocycles. The maximum atomic E-state index is 10.7. The maximum absolute atomic E-state index is 10.7. The molecule has 0 aliphatic heterocycles. The highest BCUT2D eigenvalue weighted by Crippen LogP contribution is 2.15. The lowest BCUT2D eigenvalue weighted by molar-refractivity contribution is -0.321. The Hall–Kier alpha value is -1.06. The van der Waals surface area contributed by atoms with Crippen LogP contribution in [-0.4, -0.2) is 11.9 Å². The van der Waals surface area contributed by atoms with Crippen LogP contribution in [0.2, 0.25) is 0 Å². The fraction of sp³-hybridized carbons (Fsp3) is 0.857. The summed E-state index contributed by atoms with van der Waals surface area (Å²) in [5.74, 6) is -3.49. The third-order valence-electron chi connectivity index (χ3n) is 3.15. The minimum absolute atomic E-state index is 0.380. The van der Waals surface area contributed by atoms with Crippen molar-refractivity contribution < 1.29 is 19.8 Å². The van der Waals surface area contributed by atoms with Crippen molar-refractivity contribution in [2.24, 2.45) is 5.92 Å². The second-order valence-electron chi connectivity index (χ2n) is 4.86. The van der Waals surface area contributed by atoms with Gasteiger partial charge < -0.3 is 19.8 Å². The van der Waals surface area contributed by atoms with E-state index in [2.05, 4.69) is 6.92 Å². The molecule has 4 heteroatoms. The Morgan fingerprint density at radius 1 is 0.889 bits per heavy atom. The van der Waals surface area contributed by atoms with E-state index >= 15 is 0 Å². The first-order chi connectivity index (χ1) is 8.57. The second kappa shape index (κ2) is 11.1. The predicted molar refractivity (Wildman–Crippen MR) is 65.3 cm³/mol. The van der Waals surface area contributed by atoms with Crippen LogP contribution in [0.3, 0.4) is 0 Å². The van der Waals surface area contributed by atoms with Gasteiger partial charge in [0.05, 0.1) is 0 Å². The van der Waals surface area contributed by atoms with Crippen molar-refractivity contribution in [1.82, 2.24) is 0 Å². The van der Waals surface area contributed by atoms with Gasteiger partial charge in [-0.1, -0.05) is 58.3 Å². The lowest BCUT2D eigenvalue weighted by atomic mass is 9.97. The van der Waals surface area contributed by atoms with Crippen LogP contribution >= 0.6 is 0 Å². The molecule has 0 saturated heterocycles. The van der Waals surface area contributed by atoms with Gasteiger partial charge in [-0.15, -0.1) is 0 Å². The van der Waals surface area contributed by atoms with Gasteiger partial charge in [-0.25, -0.2) is 0 Å². The highest BCUT2D eigenvalue weighted by molar-refractivity contribution is 5.75. The fourth-order valence-electron chi connectivity index (χ4n) is 2.03. The summed E-state index contributed by atoms with van der Waals surface area (Å²) in [6.07, 6.45) is 8.94. The molecule has 0 amide bonds. The highest BCUT2D eigenvalue weighted by Gasteiger charge is 2.09. The van der Waals surface area contributed by atoms with Gasteiger partial charge in [-0.05, 0) is 12.8 Å². The molecule has 0 fully saturated rings. The minimum atomic E-state index is -1.32. The summed E-state index contributed by atoms with van der Waals surface area (Å²) in [5, 5.41) is 21.0. The monoisotopic (exact) mass is 256 g/mol. The smallest absolute Gasteiger partial charge is 0.0449 e. The zero-order chi connectivity index (χ0) is 13.8. The van der Waals surface area contributed by atoms with Gasteiger partial charge in [0.1, 0.15) is 0 Å². The highest BCUT2D eigenvalue weighted by atomic mass is 16.4. The molecule has 0 N–H and O–H groups in total. The quantitative estimate of drug-likeness (QED) is 0.488. The number of carboxylic acids is 2. The lowest BCUT2D eigenvalue weighted by Gasteiger charge is -2.18. The SMILES string of the molecule is CCCCCCCCCCC(CC(=O)[O-])C(=O)[O-]. The lowest BCUT2D eigenvalue weighted by Crippen LogP contribution is -2.36. The van der Waals surface area contributed by atoms with Gasteiger partial charge in [0, 0.05) is 17.9 Å². The normalized spacial score (nSPS) is 12.3. The summed E-state index contributed by atoms with van der Waals surface area (Å²) in [7, 11) is 0. The molecular formula is C14H24O4-2. The molecule has 0 aliphatic carbocycles. The molecule has 0 rings (SSSR count). The molecule has 0 saturated carbocycles. The molecule has 1 unspecified atom stereocenters. The summed E-state index contributed by atoms with van der Waals surface area (Å²) in [5.41, 5.74) is 0. The number of hydrogen-bond acceptors (Lipinski definition) is 4. The number of carbonyl (C=O) groups is 2. The molecule has 0 bridgehead atoms. The first kappa shape index (κ1) is 16.9. The average molecular weight is 256 g/mol. The van der Waals surface area contributed by atoms with E-state index < -0.39 is 24.3 Å². The van der Waals surface area contributed by atoms with Crippen LogP contribution in [0, 0.1) is 5.92 Å². The number of carboxylic acid groups (broad SMARTS) is 2. The Balaban J connectivity index is 3.49. The molecule has 0 spiro atoms. The van der Waals surface area contributed by atoms with Crippen LogP contribution < -0.4 is 10.2 Å². The first-order valence-corrected chi connectivity index (χ1v) is 6.98. The molecule has 0 aromatic rings. The van der Waals surface area contributed by atoms with E-state index in [1.165, 1.54) is 32.1 Å². The number of aliphatic carboxylic acids is 2. The van der Waals surface area contributed by atoms with E-state index in [1.54, 1.807) is 0 Å². The topological polar surface area (TPSA) is 80.3 Å². The maximum Gasteiger partial charge on any atom is 0.0449 e. The minimum Gasteiger partial charge on any atom is -0.550 e. The Morgan fingerprint density at radius 2 is 1.39 bits per heavy atom. The third-order valence-corrected chi connectivity index (χ3v) is 3.15. The van der Waals surface area contributed by atoms with Crippen molar-refractivity contribution in [3.8, 4) is 0 Å². The van der Waals surface area contributed by atoms with E-state index in [-0.39, 0.29) is 0 Å². The number of hydrogen-bond donors (Lipinski definition) is 0. The molecule has 0 aliphatic rings. The van der Waals surface area contributed by atoms with Crippen molar-refractivity contribution in [3.05, 3.63) is 0 Å². The Labute approximate surface area is 109 Å². The largest absolute Gasteiger partial charge is 0.550 e. The summed E-state index contributed by atoms with van der Waals surface area (Å²) >= 11 is 0. The molecule has 0 aromatic carbocycles. The van der Waals surface area contributed by atoms with Gasteiger partial charge in [0.2, 0.25) is 0 Å². The van der Waals surface area contributed by atoms with E-state index in [0.29, 0.717) is 6.42 Å². The zero-order valence-electron chi connectivity index (χ0n) is 11.3. The van der Waals surface area contributed by atoms with E-state index in [4.69, 9.17) is 0 Å². The van der Waals surface area contributed by atoms with Crippen molar-refractivity contribution >= 4 is 11.9 Å². The standard InChI is InChI=1S/C14H26O4/c1-2-3-4-5-6-7-8-9-10-12(14(17)18)11-13(15)16/h12H,2-11H2,1H3,(H,15,16)(H,17,18)/p-2. The summed E-state index contributed by atoms with van der Waals surface area (Å²) in [4.78, 5) is 21.0. The molecule has 18 heavy (non-hydrogen) atoms. The predicted octanol–water partition coefficient (Wildman–Crippen LogP) is 1.02. The molecule has 4 nitrogen and oxygen atoms in total. The van der Waals surface area contributed by atoms with Crippen LogP contribution in [0.25, 0.3) is 0 Å². The van der Waals surface area contributed by atoms with Gasteiger partial charge in [0.15, 0.2) is 0 Å². The van der Waals surface area contributed by atoms with E-state index in [9.17, 15) is 19.8 Å². The van der Waals surface area contributed by atoms with E-state index in [1.807, 2.05) is 0 Å². The van der Waals surface area contributed by atoms with Gasteiger partial charge in [0.25, 0.3) is 0 Å². The number of unbranched alkanes of at least 4 members (excludes halogenated alkanes) is 7. The first-order valence-electron chi connectivity index (χ1n) is 6.98. The van der Waals surface area contributed by atoms with Crippen LogP contribution in [0.5, 0.6) is 0 Å². The molecule has 0 heterocycles. The molecule has 1 atom stereocenters. The van der Waals surface area contributed by atoms with Crippen molar-refractivity contribution in [3.63, 3.8) is 0 Å². The van der Waals surface area contributed by atoms with Crippen LogP contribution in [0.15, 0.2) is 0 Å². The third kappa shape index (κ3) is 10.1. The second-order valence-corrected chi connectivity index (χ2v) is 4.86. The van der Waals surface area contributed by atoms with Gasteiger partial charge in [-0.3, -0.25) is 0 Å². The fourth-order valence-corrected chi connectivity index (χ4v) is 2.03.